The molecule has 0 heterocycles. The van der Waals surface area contributed by atoms with Crippen molar-refractivity contribution in [3.63, 3.8) is 0 Å². The van der Waals surface area contributed by atoms with Gasteiger partial charge in [-0.3, -0.25) is 0 Å². The highest BCUT2D eigenvalue weighted by Crippen LogP contribution is 2.68. The fourth-order valence-corrected chi connectivity index (χ4v) is 5.05. The molecule has 0 saturated heterocycles. The Balaban J connectivity index is 1.93. The fourth-order valence-electron chi connectivity index (χ4n) is 5.05. The molecule has 3 saturated carbocycles. The van der Waals surface area contributed by atoms with Crippen molar-refractivity contribution in [2.45, 2.75) is 64.9 Å². The van der Waals surface area contributed by atoms with Crippen LogP contribution in [-0.4, -0.2) is 10.7 Å². The highest BCUT2D eigenvalue weighted by Gasteiger charge is 2.66. The summed E-state index contributed by atoms with van der Waals surface area (Å²) in [4.78, 5) is 0. The Kier molecular flexibility index (Phi) is 1.77. The second-order valence-corrected chi connectivity index (χ2v) is 7.28. The molecular formula is C14H24O. The summed E-state index contributed by atoms with van der Waals surface area (Å²) in [6.45, 7) is 7.10. The molecule has 3 fully saturated rings. The summed E-state index contributed by atoms with van der Waals surface area (Å²) in [6.07, 6.45) is 7.44. The van der Waals surface area contributed by atoms with Crippen LogP contribution in [0.2, 0.25) is 0 Å². The molecule has 0 bridgehead atoms. The molecule has 86 valence electrons. The molecule has 0 aromatic rings. The Morgan fingerprint density at radius 2 is 1.73 bits per heavy atom. The topological polar surface area (TPSA) is 20.2 Å². The third-order valence-electron chi connectivity index (χ3n) is 6.19. The summed E-state index contributed by atoms with van der Waals surface area (Å²) in [5.41, 5.74) is 0.459. The minimum Gasteiger partial charge on any atom is -0.389 e. The van der Waals surface area contributed by atoms with E-state index in [1.807, 2.05) is 0 Å². The van der Waals surface area contributed by atoms with Gasteiger partial charge in [0.2, 0.25) is 0 Å². The van der Waals surface area contributed by atoms with E-state index in [2.05, 4.69) is 20.8 Å². The molecule has 1 nitrogen and oxygen atoms in total. The van der Waals surface area contributed by atoms with Crippen LogP contribution in [0.4, 0.5) is 0 Å². The molecule has 15 heavy (non-hydrogen) atoms. The predicted octanol–water partition coefficient (Wildman–Crippen LogP) is 3.36. The molecule has 0 aliphatic heterocycles. The first-order valence-corrected chi connectivity index (χ1v) is 6.62. The number of fused-ring (bicyclic) bond motifs is 3. The van der Waals surface area contributed by atoms with Gasteiger partial charge in [0, 0.05) is 0 Å². The molecule has 0 unspecified atom stereocenters. The maximum atomic E-state index is 11.0. The van der Waals surface area contributed by atoms with Crippen molar-refractivity contribution in [2.75, 3.05) is 0 Å². The minimum atomic E-state index is -0.300. The van der Waals surface area contributed by atoms with E-state index in [0.29, 0.717) is 11.3 Å². The molecule has 0 amide bonds. The molecule has 1 heteroatoms. The standard InChI is InChI=1S/C14H24O/c1-12(2)9-11-10(12)5-8-13(3)6-4-7-14(11,13)15/h10-11,15H,4-9H2,1-3H3/t10-,11-,13-,14-/m1/s1. The SMILES string of the molecule is CC1(C)C[C@@H]2[C@H]1CC[C@@]1(C)CCC[C@@]21O. The van der Waals surface area contributed by atoms with Crippen LogP contribution in [0.15, 0.2) is 0 Å². The van der Waals surface area contributed by atoms with Crippen molar-refractivity contribution in [3.05, 3.63) is 0 Å². The molecule has 1 N–H and O–H groups in total. The first-order chi connectivity index (χ1) is 6.89. The van der Waals surface area contributed by atoms with Gasteiger partial charge in [-0.05, 0) is 61.2 Å². The Morgan fingerprint density at radius 3 is 2.40 bits per heavy atom. The van der Waals surface area contributed by atoms with Crippen molar-refractivity contribution in [2.24, 2.45) is 22.7 Å². The van der Waals surface area contributed by atoms with Gasteiger partial charge in [0.1, 0.15) is 0 Å². The monoisotopic (exact) mass is 208 g/mol. The molecule has 4 atom stereocenters. The van der Waals surface area contributed by atoms with E-state index in [9.17, 15) is 5.11 Å². The lowest BCUT2D eigenvalue weighted by Crippen LogP contribution is -2.63. The summed E-state index contributed by atoms with van der Waals surface area (Å²) in [6, 6.07) is 0. The van der Waals surface area contributed by atoms with Gasteiger partial charge >= 0.3 is 0 Å². The second-order valence-electron chi connectivity index (χ2n) is 7.28. The Bertz CT molecular complexity index is 296. The predicted molar refractivity (Wildman–Crippen MR) is 61.5 cm³/mol. The number of aliphatic hydroxyl groups is 1. The van der Waals surface area contributed by atoms with Crippen molar-refractivity contribution < 1.29 is 5.11 Å². The highest BCUT2D eigenvalue weighted by atomic mass is 16.3. The van der Waals surface area contributed by atoms with E-state index < -0.39 is 0 Å². The van der Waals surface area contributed by atoms with Crippen LogP contribution >= 0.6 is 0 Å². The average Bonchev–Trinajstić information content (AvgIpc) is 2.41. The molecule has 0 spiro atoms. The maximum absolute atomic E-state index is 11.0. The number of hydrogen-bond donors (Lipinski definition) is 1. The van der Waals surface area contributed by atoms with E-state index in [1.165, 1.54) is 32.1 Å². The zero-order chi connectivity index (χ0) is 10.9. The Hall–Kier alpha value is -0.0400. The van der Waals surface area contributed by atoms with Crippen LogP contribution in [0.5, 0.6) is 0 Å². The van der Waals surface area contributed by atoms with Crippen LogP contribution in [0.1, 0.15) is 59.3 Å². The summed E-state index contributed by atoms with van der Waals surface area (Å²) < 4.78 is 0. The van der Waals surface area contributed by atoms with Crippen LogP contribution in [0.3, 0.4) is 0 Å². The van der Waals surface area contributed by atoms with E-state index in [1.54, 1.807) is 0 Å². The fraction of sp³-hybridized carbons (Fsp3) is 1.00. The van der Waals surface area contributed by atoms with Crippen LogP contribution < -0.4 is 0 Å². The smallest absolute Gasteiger partial charge is 0.0732 e. The molecular weight excluding hydrogens is 184 g/mol. The van der Waals surface area contributed by atoms with Gasteiger partial charge in [-0.25, -0.2) is 0 Å². The Labute approximate surface area is 93.3 Å². The number of hydrogen-bond acceptors (Lipinski definition) is 1. The third kappa shape index (κ3) is 1.03. The lowest BCUT2D eigenvalue weighted by atomic mass is 9.42. The van der Waals surface area contributed by atoms with Crippen molar-refractivity contribution in [1.29, 1.82) is 0 Å². The van der Waals surface area contributed by atoms with Crippen LogP contribution in [0.25, 0.3) is 0 Å². The second kappa shape index (κ2) is 2.61. The van der Waals surface area contributed by atoms with Gasteiger partial charge in [-0.15, -0.1) is 0 Å². The van der Waals surface area contributed by atoms with Gasteiger partial charge in [-0.2, -0.15) is 0 Å². The van der Waals surface area contributed by atoms with E-state index in [-0.39, 0.29) is 11.0 Å². The van der Waals surface area contributed by atoms with Gasteiger partial charge in [0.15, 0.2) is 0 Å². The van der Waals surface area contributed by atoms with Crippen molar-refractivity contribution in [1.82, 2.24) is 0 Å². The summed E-state index contributed by atoms with van der Waals surface area (Å²) in [7, 11) is 0. The average molecular weight is 208 g/mol. The molecule has 0 aromatic heterocycles. The molecule has 3 aliphatic rings. The van der Waals surface area contributed by atoms with Crippen molar-refractivity contribution in [3.8, 4) is 0 Å². The highest BCUT2D eigenvalue weighted by molar-refractivity contribution is 5.16. The van der Waals surface area contributed by atoms with Crippen molar-refractivity contribution >= 4 is 0 Å². The zero-order valence-corrected chi connectivity index (χ0v) is 10.3. The van der Waals surface area contributed by atoms with E-state index in [0.717, 1.165) is 12.3 Å². The summed E-state index contributed by atoms with van der Waals surface area (Å²) in [5.74, 6) is 1.42. The lowest BCUT2D eigenvalue weighted by molar-refractivity contribution is -0.221. The van der Waals surface area contributed by atoms with E-state index in [4.69, 9.17) is 0 Å². The zero-order valence-electron chi connectivity index (χ0n) is 10.3. The van der Waals surface area contributed by atoms with Gasteiger partial charge in [-0.1, -0.05) is 20.8 Å². The summed E-state index contributed by atoms with van der Waals surface area (Å²) in [5, 5.41) is 11.0. The van der Waals surface area contributed by atoms with Crippen LogP contribution in [0, 0.1) is 22.7 Å². The van der Waals surface area contributed by atoms with Gasteiger partial charge in [0.05, 0.1) is 5.60 Å². The first kappa shape index (κ1) is 10.1. The van der Waals surface area contributed by atoms with Gasteiger partial charge in [0.25, 0.3) is 0 Å². The first-order valence-electron chi connectivity index (χ1n) is 6.62. The summed E-state index contributed by atoms with van der Waals surface area (Å²) >= 11 is 0. The largest absolute Gasteiger partial charge is 0.389 e. The lowest BCUT2D eigenvalue weighted by Gasteiger charge is -2.64. The maximum Gasteiger partial charge on any atom is 0.0732 e. The molecule has 3 aliphatic carbocycles. The normalized spacial score (nSPS) is 56.8. The van der Waals surface area contributed by atoms with Gasteiger partial charge < -0.3 is 5.11 Å². The molecule has 0 radical (unpaired) electrons. The Morgan fingerprint density at radius 1 is 1.00 bits per heavy atom. The quantitative estimate of drug-likeness (QED) is 0.647. The molecule has 3 rings (SSSR count). The number of rotatable bonds is 0. The van der Waals surface area contributed by atoms with Crippen LogP contribution in [-0.2, 0) is 0 Å². The molecule has 0 aromatic carbocycles. The minimum absolute atomic E-state index is 0.255. The third-order valence-corrected chi connectivity index (χ3v) is 6.19. The van der Waals surface area contributed by atoms with E-state index >= 15 is 0 Å².